The van der Waals surface area contributed by atoms with Gasteiger partial charge in [-0.05, 0) is 34.7 Å². The minimum absolute atomic E-state index is 0.354. The third-order valence-corrected chi connectivity index (χ3v) is 2.79. The van der Waals surface area contributed by atoms with Gasteiger partial charge in [0, 0.05) is 25.2 Å². The fourth-order valence-corrected chi connectivity index (χ4v) is 1.97. The van der Waals surface area contributed by atoms with E-state index in [-0.39, 0.29) is 0 Å². The SMILES string of the molecule is CNCc1coc(OCCN(C(C)C)C(C)C)n1. The zero-order chi connectivity index (χ0) is 13.5. The summed E-state index contributed by atoms with van der Waals surface area (Å²) in [5.74, 6) is 0. The zero-order valence-corrected chi connectivity index (χ0v) is 12.1. The normalized spacial score (nSPS) is 11.8. The Hall–Kier alpha value is -1.07. The predicted octanol–water partition coefficient (Wildman–Crippen LogP) is 1.89. The van der Waals surface area contributed by atoms with Crippen LogP contribution in [0.1, 0.15) is 33.4 Å². The van der Waals surface area contributed by atoms with E-state index in [2.05, 4.69) is 42.9 Å². The summed E-state index contributed by atoms with van der Waals surface area (Å²) in [7, 11) is 1.87. The molecule has 1 aromatic rings. The Kier molecular flexibility index (Phi) is 6.15. The van der Waals surface area contributed by atoms with Crippen LogP contribution in [0.2, 0.25) is 0 Å². The molecule has 0 atom stereocenters. The van der Waals surface area contributed by atoms with E-state index in [9.17, 15) is 0 Å². The van der Waals surface area contributed by atoms with Crippen molar-refractivity contribution in [2.75, 3.05) is 20.2 Å². The number of nitrogens with one attached hydrogen (secondary N) is 1. The number of hydrogen-bond acceptors (Lipinski definition) is 5. The first-order valence-corrected chi connectivity index (χ1v) is 6.52. The number of hydrogen-bond donors (Lipinski definition) is 1. The molecule has 1 heterocycles. The highest BCUT2D eigenvalue weighted by Gasteiger charge is 2.13. The highest BCUT2D eigenvalue weighted by atomic mass is 16.6. The maximum absolute atomic E-state index is 5.52. The smallest absolute Gasteiger partial charge is 0.393 e. The summed E-state index contributed by atoms with van der Waals surface area (Å²) in [6.45, 7) is 10.9. The fourth-order valence-electron chi connectivity index (χ4n) is 1.97. The van der Waals surface area contributed by atoms with E-state index in [1.807, 2.05) is 7.05 Å². The van der Waals surface area contributed by atoms with Gasteiger partial charge in [0.05, 0.1) is 5.69 Å². The van der Waals surface area contributed by atoms with Gasteiger partial charge in [-0.3, -0.25) is 4.90 Å². The topological polar surface area (TPSA) is 50.5 Å². The van der Waals surface area contributed by atoms with Crippen molar-refractivity contribution in [2.24, 2.45) is 0 Å². The molecule has 0 saturated carbocycles. The molecule has 0 amide bonds. The Bertz CT molecular complexity index is 329. The first kappa shape index (κ1) is 15.0. The molecule has 0 bridgehead atoms. The molecule has 18 heavy (non-hydrogen) atoms. The lowest BCUT2D eigenvalue weighted by Crippen LogP contribution is -2.39. The lowest BCUT2D eigenvalue weighted by atomic mass is 10.2. The Morgan fingerprint density at radius 1 is 1.33 bits per heavy atom. The number of rotatable bonds is 8. The molecule has 0 unspecified atom stereocenters. The number of aromatic nitrogens is 1. The van der Waals surface area contributed by atoms with Gasteiger partial charge in [0.25, 0.3) is 0 Å². The van der Waals surface area contributed by atoms with Crippen LogP contribution in [0.4, 0.5) is 0 Å². The molecule has 1 rings (SSSR count). The van der Waals surface area contributed by atoms with Crippen molar-refractivity contribution >= 4 is 0 Å². The van der Waals surface area contributed by atoms with Crippen LogP contribution in [0.15, 0.2) is 10.7 Å². The second-order valence-corrected chi connectivity index (χ2v) is 4.91. The predicted molar refractivity (Wildman–Crippen MR) is 71.7 cm³/mol. The van der Waals surface area contributed by atoms with Gasteiger partial charge >= 0.3 is 6.08 Å². The van der Waals surface area contributed by atoms with Crippen LogP contribution in [0, 0.1) is 0 Å². The summed E-state index contributed by atoms with van der Waals surface area (Å²) < 4.78 is 10.7. The zero-order valence-electron chi connectivity index (χ0n) is 12.1. The molecule has 0 aliphatic rings. The summed E-state index contributed by atoms with van der Waals surface area (Å²) in [5.41, 5.74) is 0.858. The molecular formula is C13H25N3O2. The molecule has 0 saturated heterocycles. The molecule has 0 radical (unpaired) electrons. The van der Waals surface area contributed by atoms with Crippen molar-refractivity contribution in [3.63, 3.8) is 0 Å². The quantitative estimate of drug-likeness (QED) is 0.769. The first-order chi connectivity index (χ1) is 8.54. The van der Waals surface area contributed by atoms with Crippen LogP contribution in [0.5, 0.6) is 6.08 Å². The summed E-state index contributed by atoms with van der Waals surface area (Å²) in [5, 5.41) is 3.02. The molecule has 0 spiro atoms. The number of nitrogens with zero attached hydrogens (tertiary/aromatic N) is 2. The second-order valence-electron chi connectivity index (χ2n) is 4.91. The molecule has 0 aliphatic carbocycles. The lowest BCUT2D eigenvalue weighted by Gasteiger charge is -2.29. The van der Waals surface area contributed by atoms with Crippen LogP contribution < -0.4 is 10.1 Å². The van der Waals surface area contributed by atoms with Crippen molar-refractivity contribution < 1.29 is 9.15 Å². The van der Waals surface area contributed by atoms with Crippen molar-refractivity contribution in [3.8, 4) is 6.08 Å². The summed E-state index contributed by atoms with van der Waals surface area (Å²) in [6, 6.07) is 1.02. The van der Waals surface area contributed by atoms with Gasteiger partial charge in [-0.15, -0.1) is 0 Å². The maximum Gasteiger partial charge on any atom is 0.393 e. The molecule has 1 aromatic heterocycles. The summed E-state index contributed by atoms with van der Waals surface area (Å²) >= 11 is 0. The highest BCUT2D eigenvalue weighted by molar-refractivity contribution is 4.99. The van der Waals surface area contributed by atoms with E-state index in [1.165, 1.54) is 0 Å². The first-order valence-electron chi connectivity index (χ1n) is 6.52. The van der Waals surface area contributed by atoms with E-state index in [0.29, 0.717) is 31.3 Å². The van der Waals surface area contributed by atoms with E-state index in [1.54, 1.807) is 6.26 Å². The van der Waals surface area contributed by atoms with Crippen molar-refractivity contribution in [1.29, 1.82) is 0 Å². The summed E-state index contributed by atoms with van der Waals surface area (Å²) in [6.07, 6.45) is 1.97. The van der Waals surface area contributed by atoms with Gasteiger partial charge in [-0.25, -0.2) is 0 Å². The molecule has 104 valence electrons. The van der Waals surface area contributed by atoms with Crippen molar-refractivity contribution in [3.05, 3.63) is 12.0 Å². The van der Waals surface area contributed by atoms with E-state index >= 15 is 0 Å². The van der Waals surface area contributed by atoms with E-state index < -0.39 is 0 Å². The minimum atomic E-state index is 0.354. The van der Waals surface area contributed by atoms with Gasteiger partial charge in [0.1, 0.15) is 12.9 Å². The minimum Gasteiger partial charge on any atom is -0.449 e. The van der Waals surface area contributed by atoms with E-state index in [0.717, 1.165) is 12.2 Å². The van der Waals surface area contributed by atoms with Crippen LogP contribution in [0.3, 0.4) is 0 Å². The third kappa shape index (κ3) is 4.66. The van der Waals surface area contributed by atoms with E-state index in [4.69, 9.17) is 9.15 Å². The van der Waals surface area contributed by atoms with Gasteiger partial charge in [0.15, 0.2) is 0 Å². The average molecular weight is 255 g/mol. The van der Waals surface area contributed by atoms with Crippen molar-refractivity contribution in [2.45, 2.75) is 46.3 Å². The summed E-state index contributed by atoms with van der Waals surface area (Å²) in [4.78, 5) is 6.59. The van der Waals surface area contributed by atoms with Crippen LogP contribution >= 0.6 is 0 Å². The van der Waals surface area contributed by atoms with Gasteiger partial charge < -0.3 is 14.5 Å². The molecule has 5 nitrogen and oxygen atoms in total. The number of oxazole rings is 1. The van der Waals surface area contributed by atoms with Crippen LogP contribution in [0.25, 0.3) is 0 Å². The highest BCUT2D eigenvalue weighted by Crippen LogP contribution is 2.10. The Morgan fingerprint density at radius 3 is 2.56 bits per heavy atom. The van der Waals surface area contributed by atoms with Gasteiger partial charge in [0.2, 0.25) is 0 Å². The van der Waals surface area contributed by atoms with Gasteiger partial charge in [-0.2, -0.15) is 4.98 Å². The van der Waals surface area contributed by atoms with Crippen molar-refractivity contribution in [1.82, 2.24) is 15.2 Å². The monoisotopic (exact) mass is 255 g/mol. The molecule has 0 fully saturated rings. The average Bonchev–Trinajstić information content (AvgIpc) is 2.71. The third-order valence-electron chi connectivity index (χ3n) is 2.79. The molecule has 0 aromatic carbocycles. The Morgan fingerprint density at radius 2 is 2.00 bits per heavy atom. The van der Waals surface area contributed by atoms with Crippen LogP contribution in [-0.2, 0) is 6.54 Å². The standard InChI is InChI=1S/C13H25N3O2/c1-10(2)16(11(3)4)6-7-17-13-15-12(8-14-5)9-18-13/h9-11,14H,6-8H2,1-5H3. The number of ether oxygens (including phenoxy) is 1. The fraction of sp³-hybridized carbons (Fsp3) is 0.769. The lowest BCUT2D eigenvalue weighted by molar-refractivity contribution is 0.127. The maximum atomic E-state index is 5.52. The second kappa shape index (κ2) is 7.38. The van der Waals surface area contributed by atoms with Gasteiger partial charge in [-0.1, -0.05) is 0 Å². The largest absolute Gasteiger partial charge is 0.449 e. The molecule has 0 aliphatic heterocycles. The Balaban J connectivity index is 2.35. The Labute approximate surface area is 110 Å². The molecule has 5 heteroatoms. The van der Waals surface area contributed by atoms with Crippen LogP contribution in [-0.4, -0.2) is 42.2 Å². The molecule has 1 N–H and O–H groups in total. The molecular weight excluding hydrogens is 230 g/mol.